The average molecular weight is 336 g/mol. The van der Waals surface area contributed by atoms with Gasteiger partial charge in [-0.1, -0.05) is 6.07 Å². The number of hydrogen-bond acceptors (Lipinski definition) is 6. The van der Waals surface area contributed by atoms with Crippen LogP contribution in [0.3, 0.4) is 0 Å². The van der Waals surface area contributed by atoms with E-state index in [-0.39, 0.29) is 12.5 Å². The van der Waals surface area contributed by atoms with Crippen molar-refractivity contribution < 1.29 is 19.0 Å². The van der Waals surface area contributed by atoms with E-state index in [1.165, 1.54) is 11.3 Å². The van der Waals surface area contributed by atoms with E-state index in [2.05, 4.69) is 10.3 Å². The van der Waals surface area contributed by atoms with Crippen molar-refractivity contribution in [1.29, 1.82) is 0 Å². The number of thiazole rings is 1. The van der Waals surface area contributed by atoms with Gasteiger partial charge in [-0.2, -0.15) is 0 Å². The Balaban J connectivity index is 1.80. The molecule has 2 aromatic rings. The molecular weight excluding hydrogens is 316 g/mol. The first-order chi connectivity index (χ1) is 11.1. The van der Waals surface area contributed by atoms with Gasteiger partial charge in [-0.05, 0) is 19.1 Å². The van der Waals surface area contributed by atoms with E-state index in [1.807, 2.05) is 19.1 Å². The van der Waals surface area contributed by atoms with Crippen molar-refractivity contribution in [2.24, 2.45) is 0 Å². The first kappa shape index (κ1) is 17.2. The Labute approximate surface area is 139 Å². The Kier molecular flexibility index (Phi) is 6.37. The molecule has 1 N–H and O–H groups in total. The molecule has 0 aliphatic heterocycles. The predicted octanol–water partition coefficient (Wildman–Crippen LogP) is 2.30. The predicted molar refractivity (Wildman–Crippen MR) is 87.9 cm³/mol. The van der Waals surface area contributed by atoms with Gasteiger partial charge in [0.2, 0.25) is 0 Å². The number of benzene rings is 1. The fourth-order valence-electron chi connectivity index (χ4n) is 1.91. The van der Waals surface area contributed by atoms with Crippen molar-refractivity contribution in [1.82, 2.24) is 10.3 Å². The number of aryl methyl sites for hydroxylation is 1. The van der Waals surface area contributed by atoms with E-state index in [4.69, 9.17) is 14.2 Å². The molecule has 23 heavy (non-hydrogen) atoms. The van der Waals surface area contributed by atoms with Gasteiger partial charge < -0.3 is 19.5 Å². The first-order valence-corrected chi connectivity index (χ1v) is 7.91. The summed E-state index contributed by atoms with van der Waals surface area (Å²) in [7, 11) is 3.22. The molecule has 0 aliphatic carbocycles. The van der Waals surface area contributed by atoms with Gasteiger partial charge in [0.15, 0.2) is 6.61 Å². The maximum Gasteiger partial charge on any atom is 0.258 e. The van der Waals surface area contributed by atoms with Gasteiger partial charge >= 0.3 is 0 Å². The van der Waals surface area contributed by atoms with Gasteiger partial charge in [-0.15, -0.1) is 11.3 Å². The zero-order chi connectivity index (χ0) is 16.7. The number of aromatic nitrogens is 1. The lowest BCUT2D eigenvalue weighted by molar-refractivity contribution is -0.123. The minimum atomic E-state index is -0.186. The standard InChI is InChI=1S/C16H20N2O4S/c1-11-14(23-16(18-11)10-20-2)8-17-15(19)9-22-13-6-4-5-12(7-13)21-3/h4-7H,8-10H2,1-3H3,(H,17,19). The molecule has 0 fully saturated rings. The number of ether oxygens (including phenoxy) is 3. The Hall–Kier alpha value is -2.12. The highest BCUT2D eigenvalue weighted by atomic mass is 32.1. The monoisotopic (exact) mass is 336 g/mol. The molecule has 1 aromatic heterocycles. The van der Waals surface area contributed by atoms with E-state index < -0.39 is 0 Å². The average Bonchev–Trinajstić information content (AvgIpc) is 2.91. The van der Waals surface area contributed by atoms with Gasteiger partial charge in [0.25, 0.3) is 5.91 Å². The van der Waals surface area contributed by atoms with Crippen molar-refractivity contribution in [2.45, 2.75) is 20.1 Å². The van der Waals surface area contributed by atoms with Crippen LogP contribution in [0, 0.1) is 6.92 Å². The number of carbonyl (C=O) groups is 1. The highest BCUT2D eigenvalue weighted by Gasteiger charge is 2.09. The smallest absolute Gasteiger partial charge is 0.258 e. The summed E-state index contributed by atoms with van der Waals surface area (Å²) in [6.07, 6.45) is 0. The molecule has 1 amide bonds. The lowest BCUT2D eigenvalue weighted by Gasteiger charge is -2.08. The van der Waals surface area contributed by atoms with Crippen LogP contribution in [0.1, 0.15) is 15.6 Å². The number of methoxy groups -OCH3 is 2. The summed E-state index contributed by atoms with van der Waals surface area (Å²) < 4.78 is 15.6. The normalized spacial score (nSPS) is 10.4. The second kappa shape index (κ2) is 8.50. The summed E-state index contributed by atoms with van der Waals surface area (Å²) in [5.74, 6) is 1.10. The summed E-state index contributed by atoms with van der Waals surface area (Å²) in [4.78, 5) is 17.3. The zero-order valence-electron chi connectivity index (χ0n) is 13.4. The largest absolute Gasteiger partial charge is 0.497 e. The number of rotatable bonds is 8. The third-order valence-electron chi connectivity index (χ3n) is 3.06. The molecule has 1 heterocycles. The number of nitrogens with zero attached hydrogens (tertiary/aromatic N) is 1. The van der Waals surface area contributed by atoms with Crippen LogP contribution in [0.25, 0.3) is 0 Å². The fourth-order valence-corrected chi connectivity index (χ4v) is 2.89. The van der Waals surface area contributed by atoms with Crippen LogP contribution >= 0.6 is 11.3 Å². The van der Waals surface area contributed by atoms with Crippen LogP contribution in [0.2, 0.25) is 0 Å². The molecule has 2 rings (SSSR count). The quantitative estimate of drug-likeness (QED) is 0.801. The zero-order valence-corrected chi connectivity index (χ0v) is 14.2. The highest BCUT2D eigenvalue weighted by molar-refractivity contribution is 7.11. The topological polar surface area (TPSA) is 69.7 Å². The van der Waals surface area contributed by atoms with Crippen molar-refractivity contribution in [3.8, 4) is 11.5 Å². The van der Waals surface area contributed by atoms with Crippen molar-refractivity contribution in [3.63, 3.8) is 0 Å². The van der Waals surface area contributed by atoms with E-state index in [0.29, 0.717) is 24.7 Å². The summed E-state index contributed by atoms with van der Waals surface area (Å²) in [5.41, 5.74) is 0.913. The van der Waals surface area contributed by atoms with Crippen LogP contribution < -0.4 is 14.8 Å². The Morgan fingerprint density at radius 2 is 2.09 bits per heavy atom. The maximum absolute atomic E-state index is 11.9. The molecule has 0 bridgehead atoms. The Bertz CT molecular complexity index is 657. The van der Waals surface area contributed by atoms with Crippen LogP contribution in [-0.2, 0) is 22.7 Å². The first-order valence-electron chi connectivity index (χ1n) is 7.10. The van der Waals surface area contributed by atoms with Crippen molar-refractivity contribution in [3.05, 3.63) is 39.8 Å². The summed E-state index contributed by atoms with van der Waals surface area (Å²) in [6, 6.07) is 7.14. The van der Waals surface area contributed by atoms with Crippen LogP contribution in [-0.4, -0.2) is 31.7 Å². The number of hydrogen-bond donors (Lipinski definition) is 1. The SMILES string of the molecule is COCc1nc(C)c(CNC(=O)COc2cccc(OC)c2)s1. The van der Waals surface area contributed by atoms with Gasteiger partial charge in [0.1, 0.15) is 16.5 Å². The minimum absolute atomic E-state index is 0.0457. The third kappa shape index (κ3) is 5.22. The van der Waals surface area contributed by atoms with E-state index in [9.17, 15) is 4.79 Å². The number of amides is 1. The van der Waals surface area contributed by atoms with Crippen LogP contribution in [0.4, 0.5) is 0 Å². The minimum Gasteiger partial charge on any atom is -0.497 e. The lowest BCUT2D eigenvalue weighted by atomic mass is 10.3. The molecule has 0 saturated heterocycles. The number of nitrogens with one attached hydrogen (secondary N) is 1. The molecule has 0 saturated carbocycles. The molecule has 124 valence electrons. The fraction of sp³-hybridized carbons (Fsp3) is 0.375. The molecule has 0 aliphatic rings. The Morgan fingerprint density at radius 1 is 1.30 bits per heavy atom. The molecular formula is C16H20N2O4S. The molecule has 0 unspecified atom stereocenters. The molecule has 7 heteroatoms. The maximum atomic E-state index is 11.9. The van der Waals surface area contributed by atoms with Crippen molar-refractivity contribution >= 4 is 17.2 Å². The highest BCUT2D eigenvalue weighted by Crippen LogP contribution is 2.19. The second-order valence-corrected chi connectivity index (χ2v) is 5.96. The van der Waals surface area contributed by atoms with Crippen LogP contribution in [0.15, 0.2) is 24.3 Å². The van der Waals surface area contributed by atoms with E-state index in [0.717, 1.165) is 15.6 Å². The van der Waals surface area contributed by atoms with E-state index in [1.54, 1.807) is 26.4 Å². The lowest BCUT2D eigenvalue weighted by Crippen LogP contribution is -2.28. The summed E-state index contributed by atoms with van der Waals surface area (Å²) >= 11 is 1.54. The van der Waals surface area contributed by atoms with Gasteiger partial charge in [-0.25, -0.2) is 4.98 Å². The molecule has 1 aromatic carbocycles. The molecule has 0 radical (unpaired) electrons. The Morgan fingerprint density at radius 3 is 2.83 bits per heavy atom. The third-order valence-corrected chi connectivity index (χ3v) is 4.19. The summed E-state index contributed by atoms with van der Waals surface area (Å²) in [5, 5.41) is 3.73. The van der Waals surface area contributed by atoms with E-state index >= 15 is 0 Å². The number of carbonyl (C=O) groups excluding carboxylic acids is 1. The van der Waals surface area contributed by atoms with Crippen molar-refractivity contribution in [2.75, 3.05) is 20.8 Å². The van der Waals surface area contributed by atoms with Crippen LogP contribution in [0.5, 0.6) is 11.5 Å². The van der Waals surface area contributed by atoms with Gasteiger partial charge in [0, 0.05) is 18.1 Å². The molecule has 0 atom stereocenters. The molecule has 0 spiro atoms. The van der Waals surface area contributed by atoms with Gasteiger partial charge in [-0.3, -0.25) is 4.79 Å². The summed E-state index contributed by atoms with van der Waals surface area (Å²) in [6.45, 7) is 2.80. The second-order valence-electron chi connectivity index (χ2n) is 4.79. The van der Waals surface area contributed by atoms with Gasteiger partial charge in [0.05, 0.1) is 26.0 Å². The molecule has 6 nitrogen and oxygen atoms in total.